The van der Waals surface area contributed by atoms with Crippen molar-refractivity contribution in [2.75, 3.05) is 7.11 Å². The Morgan fingerprint density at radius 2 is 2.12 bits per heavy atom. The quantitative estimate of drug-likeness (QED) is 0.357. The van der Waals surface area contributed by atoms with Gasteiger partial charge in [-0.1, -0.05) is 0 Å². The molecule has 0 radical (unpaired) electrons. The number of aromatic nitrogens is 1. The summed E-state index contributed by atoms with van der Waals surface area (Å²) in [4.78, 5) is 13.2. The Hall–Kier alpha value is -1.33. The molecule has 1 rings (SSSR count). The Morgan fingerprint density at radius 3 is 2.53 bits per heavy atom. The fourth-order valence-electron chi connectivity index (χ4n) is 0.919. The van der Waals surface area contributed by atoms with Crippen LogP contribution in [0, 0.1) is 13.8 Å². The van der Waals surface area contributed by atoms with Gasteiger partial charge in [0, 0.05) is 0 Å². The van der Waals surface area contributed by atoms with E-state index in [1.165, 1.54) is 22.6 Å². The number of hydrogen-bond acceptors (Lipinski definition) is 5. The largest absolute Gasteiger partial charge is 0.573 e. The maximum Gasteiger partial charge on any atom is 0.573 e. The van der Waals surface area contributed by atoms with E-state index in [1.807, 2.05) is 0 Å². The molecule has 6 nitrogen and oxygen atoms in total. The number of ether oxygens (including phenoxy) is 2. The number of rotatable bonds is 3. The molecule has 0 bridgehead atoms. The minimum absolute atomic E-state index is 0.0982. The smallest absolute Gasteiger partial charge is 0.478 e. The molecule has 10 heteroatoms. The van der Waals surface area contributed by atoms with E-state index in [9.17, 15) is 23.3 Å². The summed E-state index contributed by atoms with van der Waals surface area (Å²) in [5, 5.41) is 10.5. The van der Waals surface area contributed by atoms with Crippen molar-refractivity contribution in [2.24, 2.45) is 0 Å². The molecule has 0 aliphatic carbocycles. The van der Waals surface area contributed by atoms with Gasteiger partial charge in [0.2, 0.25) is 0 Å². The maximum absolute atomic E-state index is 12.0. The maximum atomic E-state index is 12.0. The van der Waals surface area contributed by atoms with Crippen molar-refractivity contribution < 1.29 is 27.6 Å². The van der Waals surface area contributed by atoms with Crippen LogP contribution < -0.4 is 9.47 Å². The molecule has 17 heavy (non-hydrogen) atoms. The standard InChI is InChI=1S/C7H4F3IN2O4/c1-16-6-4(17-7(8,9)10)2-3(13(14)15)5(11)12-6/h2H,1H3. The number of alkyl halides is 3. The summed E-state index contributed by atoms with van der Waals surface area (Å²) in [5.74, 6) is -1.33. The van der Waals surface area contributed by atoms with Crippen LogP contribution in [0.15, 0.2) is 6.07 Å². The van der Waals surface area contributed by atoms with Gasteiger partial charge in [-0.25, -0.2) is 0 Å². The summed E-state index contributed by atoms with van der Waals surface area (Å²) >= 11 is 1.51. The molecule has 0 aromatic carbocycles. The van der Waals surface area contributed by atoms with Gasteiger partial charge in [0.25, 0.3) is 5.88 Å². The summed E-state index contributed by atoms with van der Waals surface area (Å²) in [6.07, 6.45) is -4.98. The summed E-state index contributed by atoms with van der Waals surface area (Å²) in [7, 11) is 1.08. The van der Waals surface area contributed by atoms with E-state index in [4.69, 9.17) is 0 Å². The average Bonchev–Trinajstić information content (AvgIpc) is 2.17. The Kier molecular flexibility index (Phi) is 3.95. The number of pyridine rings is 1. The SMILES string of the molecule is COc1nc(I)c([N+](=O)[O-])cc1OC(F)(F)F. The molecule has 0 aliphatic rings. The van der Waals surface area contributed by atoms with E-state index in [1.54, 1.807) is 0 Å². The van der Waals surface area contributed by atoms with Crippen molar-refractivity contribution in [3.63, 3.8) is 0 Å². The van der Waals surface area contributed by atoms with Crippen molar-refractivity contribution >= 4 is 28.3 Å². The normalized spacial score (nSPS) is 11.1. The van der Waals surface area contributed by atoms with Gasteiger partial charge < -0.3 is 9.47 Å². The number of nitro groups is 1. The molecule has 0 saturated carbocycles. The molecule has 0 spiro atoms. The summed E-state index contributed by atoms with van der Waals surface area (Å²) < 4.78 is 44.1. The Labute approximate surface area is 106 Å². The van der Waals surface area contributed by atoms with E-state index in [2.05, 4.69) is 14.5 Å². The third kappa shape index (κ3) is 3.57. The zero-order valence-corrected chi connectivity index (χ0v) is 10.3. The molecular formula is C7H4F3IN2O4. The number of hydrogen-bond donors (Lipinski definition) is 0. The lowest BCUT2D eigenvalue weighted by Gasteiger charge is -2.11. The van der Waals surface area contributed by atoms with Crippen LogP contribution in [0.4, 0.5) is 18.9 Å². The fraction of sp³-hybridized carbons (Fsp3) is 0.286. The van der Waals surface area contributed by atoms with Crippen molar-refractivity contribution in [2.45, 2.75) is 6.36 Å². The summed E-state index contributed by atoms with van der Waals surface area (Å²) in [5.41, 5.74) is -0.592. The molecule has 0 N–H and O–H groups in total. The molecule has 0 amide bonds. The highest BCUT2D eigenvalue weighted by atomic mass is 127. The van der Waals surface area contributed by atoms with Gasteiger partial charge >= 0.3 is 12.0 Å². The van der Waals surface area contributed by atoms with Crippen LogP contribution in [0.5, 0.6) is 11.6 Å². The van der Waals surface area contributed by atoms with Crippen molar-refractivity contribution in [3.8, 4) is 11.6 Å². The zero-order valence-electron chi connectivity index (χ0n) is 8.12. The zero-order chi connectivity index (χ0) is 13.2. The first-order valence-corrected chi connectivity index (χ1v) is 4.97. The molecule has 0 unspecified atom stereocenters. The molecular weight excluding hydrogens is 360 g/mol. The lowest BCUT2D eigenvalue weighted by atomic mass is 10.4. The first kappa shape index (κ1) is 13.7. The van der Waals surface area contributed by atoms with Gasteiger partial charge in [0.15, 0.2) is 9.45 Å². The highest BCUT2D eigenvalue weighted by molar-refractivity contribution is 14.1. The van der Waals surface area contributed by atoms with Crippen molar-refractivity contribution in [1.29, 1.82) is 0 Å². The Bertz CT molecular complexity index is 451. The van der Waals surface area contributed by atoms with E-state index in [-0.39, 0.29) is 3.70 Å². The topological polar surface area (TPSA) is 74.5 Å². The number of methoxy groups -OCH3 is 1. The van der Waals surface area contributed by atoms with Crippen LogP contribution in [-0.2, 0) is 0 Å². The van der Waals surface area contributed by atoms with Crippen LogP contribution >= 0.6 is 22.6 Å². The van der Waals surface area contributed by atoms with Crippen LogP contribution in [0.2, 0.25) is 0 Å². The van der Waals surface area contributed by atoms with Gasteiger partial charge in [-0.15, -0.1) is 13.2 Å². The van der Waals surface area contributed by atoms with Crippen LogP contribution in [0.1, 0.15) is 0 Å². The lowest BCUT2D eigenvalue weighted by Crippen LogP contribution is -2.18. The molecule has 0 fully saturated rings. The summed E-state index contributed by atoms with van der Waals surface area (Å²) in [6.45, 7) is 0. The monoisotopic (exact) mass is 364 g/mol. The molecule has 0 aliphatic heterocycles. The molecule has 1 heterocycles. The van der Waals surface area contributed by atoms with Crippen molar-refractivity contribution in [1.82, 2.24) is 4.98 Å². The third-order valence-corrected chi connectivity index (χ3v) is 2.30. The second-order valence-electron chi connectivity index (χ2n) is 2.61. The third-order valence-electron chi connectivity index (χ3n) is 1.51. The van der Waals surface area contributed by atoms with E-state index in [0.29, 0.717) is 6.07 Å². The second-order valence-corrected chi connectivity index (χ2v) is 3.63. The van der Waals surface area contributed by atoms with Gasteiger partial charge in [-0.3, -0.25) is 10.1 Å². The highest BCUT2D eigenvalue weighted by Gasteiger charge is 2.34. The first-order valence-electron chi connectivity index (χ1n) is 3.89. The van der Waals surface area contributed by atoms with Crippen LogP contribution in [-0.4, -0.2) is 23.4 Å². The number of halogens is 4. The second kappa shape index (κ2) is 4.89. The molecule has 0 atom stereocenters. The summed E-state index contributed by atoms with van der Waals surface area (Å²) in [6, 6.07) is 0.612. The van der Waals surface area contributed by atoms with Crippen molar-refractivity contribution in [3.05, 3.63) is 19.9 Å². The first-order chi connectivity index (χ1) is 7.74. The molecule has 1 aromatic heterocycles. The lowest BCUT2D eigenvalue weighted by molar-refractivity contribution is -0.386. The van der Waals surface area contributed by atoms with E-state index >= 15 is 0 Å². The Balaban J connectivity index is 3.26. The van der Waals surface area contributed by atoms with Gasteiger partial charge in [-0.2, -0.15) is 4.98 Å². The minimum atomic E-state index is -4.98. The minimum Gasteiger partial charge on any atom is -0.478 e. The van der Waals surface area contributed by atoms with Crippen LogP contribution in [0.25, 0.3) is 0 Å². The van der Waals surface area contributed by atoms with Gasteiger partial charge in [0.1, 0.15) is 0 Å². The van der Waals surface area contributed by atoms with E-state index in [0.717, 1.165) is 7.11 Å². The number of nitrogens with zero attached hydrogens (tertiary/aromatic N) is 2. The average molecular weight is 364 g/mol. The van der Waals surface area contributed by atoms with Gasteiger partial charge in [-0.05, 0) is 22.6 Å². The van der Waals surface area contributed by atoms with Gasteiger partial charge in [0.05, 0.1) is 18.1 Å². The fourth-order valence-corrected chi connectivity index (χ4v) is 1.49. The predicted molar refractivity (Wildman–Crippen MR) is 56.8 cm³/mol. The molecule has 1 aromatic rings. The molecule has 94 valence electrons. The molecule has 0 saturated heterocycles. The predicted octanol–water partition coefficient (Wildman–Crippen LogP) is 2.50. The van der Waals surface area contributed by atoms with E-state index < -0.39 is 28.6 Å². The Morgan fingerprint density at radius 1 is 1.53 bits per heavy atom. The van der Waals surface area contributed by atoms with Crippen LogP contribution in [0.3, 0.4) is 0 Å². The highest BCUT2D eigenvalue weighted by Crippen LogP contribution is 2.35.